The van der Waals surface area contributed by atoms with Gasteiger partial charge in [0.1, 0.15) is 0 Å². The molecule has 0 aliphatic rings. The molecule has 0 aromatic rings. The predicted molar refractivity (Wildman–Crippen MR) is 37.4 cm³/mol. The van der Waals surface area contributed by atoms with Gasteiger partial charge in [0.05, 0.1) is 0 Å². The first-order chi connectivity index (χ1) is 4.22. The normalized spacial score (nSPS) is 12.3. The summed E-state index contributed by atoms with van der Waals surface area (Å²) in [6.45, 7) is 5.34. The molecule has 0 aliphatic carbocycles. The van der Waals surface area contributed by atoms with Gasteiger partial charge in [0.25, 0.3) is 0 Å². The van der Waals surface area contributed by atoms with E-state index in [0.717, 1.165) is 0 Å². The Morgan fingerprint density at radius 3 is 2.67 bits per heavy atom. The van der Waals surface area contributed by atoms with Gasteiger partial charge in [0.2, 0.25) is 0 Å². The molecule has 0 saturated carbocycles. The van der Waals surface area contributed by atoms with Crippen molar-refractivity contribution in [1.29, 1.82) is 0 Å². The molecule has 0 atom stereocenters. The Balaban J connectivity index is 4.05. The summed E-state index contributed by atoms with van der Waals surface area (Å²) >= 11 is 0. The summed E-state index contributed by atoms with van der Waals surface area (Å²) in [6.07, 6.45) is 3.43. The highest BCUT2D eigenvalue weighted by atomic mass is 16.4. The fraction of sp³-hybridized carbons (Fsp3) is 0.167. The summed E-state index contributed by atoms with van der Waals surface area (Å²) in [5.41, 5.74) is 5.67. The predicted octanol–water partition coefficient (Wildman–Crippen LogP) is 0.865. The van der Waals surface area contributed by atoms with Crippen LogP contribution in [0.2, 0.25) is 0 Å². The fourth-order valence-corrected chi connectivity index (χ4v) is 0.351. The van der Waals surface area contributed by atoms with E-state index >= 15 is 0 Å². The minimum absolute atomic E-state index is 0.0492. The third-order valence-corrected chi connectivity index (χ3v) is 0.805. The number of rotatable bonds is 2. The number of hydrogen-bond donors (Lipinski definition) is 2. The zero-order chi connectivity index (χ0) is 7.28. The molecule has 9 heavy (non-hydrogen) atoms. The van der Waals surface area contributed by atoms with E-state index in [1.807, 2.05) is 6.92 Å². The Hall–Kier alpha value is -1.25. The average Bonchev–Trinajstić information content (AvgIpc) is 1.87. The van der Waals surface area contributed by atoms with Crippen LogP contribution in [0.1, 0.15) is 6.92 Å². The second-order valence-electron chi connectivity index (χ2n) is 1.51. The van der Waals surface area contributed by atoms with Crippen molar-refractivity contribution in [1.82, 2.24) is 0 Å². The molecule has 50 valence electrons. The van der Waals surface area contributed by atoms with Crippen LogP contribution in [-0.4, -0.2) is 11.0 Å². The van der Waals surface area contributed by atoms with Gasteiger partial charge in [-0.25, -0.2) is 0 Å². The second-order valence-corrected chi connectivity index (χ2v) is 1.51. The van der Waals surface area contributed by atoms with E-state index in [1.54, 1.807) is 12.2 Å². The highest BCUT2D eigenvalue weighted by molar-refractivity contribution is 5.98. The van der Waals surface area contributed by atoms with E-state index in [1.165, 1.54) is 0 Å². The van der Waals surface area contributed by atoms with Crippen molar-refractivity contribution in [3.8, 4) is 0 Å². The van der Waals surface area contributed by atoms with E-state index in [0.29, 0.717) is 5.57 Å². The highest BCUT2D eigenvalue weighted by Crippen LogP contribution is 1.90. The fourth-order valence-electron chi connectivity index (χ4n) is 0.351. The maximum Gasteiger partial charge on any atom is 0.169 e. The maximum absolute atomic E-state index is 8.10. The monoisotopic (exact) mass is 126 g/mol. The molecule has 0 radical (unpaired) electrons. The van der Waals surface area contributed by atoms with Crippen LogP contribution in [-0.2, 0) is 0 Å². The van der Waals surface area contributed by atoms with Crippen molar-refractivity contribution in [3.63, 3.8) is 0 Å². The quantitative estimate of drug-likeness (QED) is 0.189. The standard InChI is InChI=1S/C6H10N2O/c1-3-4-5(2)6(7)8-9/h3-4,9H,2H2,1H3,(H2,7,8)/b4-3-. The Morgan fingerprint density at radius 2 is 2.33 bits per heavy atom. The summed E-state index contributed by atoms with van der Waals surface area (Å²) in [4.78, 5) is 0. The van der Waals surface area contributed by atoms with Gasteiger partial charge < -0.3 is 10.9 Å². The van der Waals surface area contributed by atoms with Gasteiger partial charge in [-0.15, -0.1) is 0 Å². The Bertz CT molecular complexity index is 158. The molecule has 0 amide bonds. The third kappa shape index (κ3) is 2.54. The molecule has 0 unspecified atom stereocenters. The molecule has 0 aromatic heterocycles. The average molecular weight is 126 g/mol. The van der Waals surface area contributed by atoms with Gasteiger partial charge in [0, 0.05) is 5.57 Å². The lowest BCUT2D eigenvalue weighted by molar-refractivity contribution is 0.318. The van der Waals surface area contributed by atoms with E-state index in [-0.39, 0.29) is 5.84 Å². The molecule has 3 N–H and O–H groups in total. The summed E-state index contributed by atoms with van der Waals surface area (Å²) in [6, 6.07) is 0. The van der Waals surface area contributed by atoms with Crippen molar-refractivity contribution in [2.45, 2.75) is 6.92 Å². The van der Waals surface area contributed by atoms with Crippen molar-refractivity contribution in [3.05, 3.63) is 24.3 Å². The molecule has 0 spiro atoms. The first-order valence-electron chi connectivity index (χ1n) is 2.52. The van der Waals surface area contributed by atoms with E-state index < -0.39 is 0 Å². The summed E-state index contributed by atoms with van der Waals surface area (Å²) in [5, 5.41) is 10.9. The first-order valence-corrected chi connectivity index (χ1v) is 2.52. The topological polar surface area (TPSA) is 58.6 Å². The first kappa shape index (κ1) is 7.75. The molecule has 0 aromatic carbocycles. The molecular weight excluding hydrogens is 116 g/mol. The highest BCUT2D eigenvalue weighted by Gasteiger charge is 1.91. The van der Waals surface area contributed by atoms with Gasteiger partial charge in [0.15, 0.2) is 5.84 Å². The summed E-state index contributed by atoms with van der Waals surface area (Å²) < 4.78 is 0. The summed E-state index contributed by atoms with van der Waals surface area (Å²) in [7, 11) is 0. The van der Waals surface area contributed by atoms with Crippen molar-refractivity contribution >= 4 is 5.84 Å². The van der Waals surface area contributed by atoms with Gasteiger partial charge >= 0.3 is 0 Å². The van der Waals surface area contributed by atoms with E-state index in [2.05, 4.69) is 11.7 Å². The van der Waals surface area contributed by atoms with Gasteiger partial charge in [-0.3, -0.25) is 0 Å². The van der Waals surface area contributed by atoms with Crippen LogP contribution in [0.3, 0.4) is 0 Å². The molecule has 3 heteroatoms. The van der Waals surface area contributed by atoms with Crippen molar-refractivity contribution in [2.24, 2.45) is 10.9 Å². The van der Waals surface area contributed by atoms with Crippen LogP contribution in [0.15, 0.2) is 29.5 Å². The number of nitrogens with zero attached hydrogens (tertiary/aromatic N) is 1. The molecule has 0 saturated heterocycles. The number of oxime groups is 1. The zero-order valence-electron chi connectivity index (χ0n) is 5.33. The minimum atomic E-state index is 0.0492. The van der Waals surface area contributed by atoms with Crippen LogP contribution in [0, 0.1) is 0 Å². The zero-order valence-corrected chi connectivity index (χ0v) is 5.33. The lowest BCUT2D eigenvalue weighted by atomic mass is 10.2. The van der Waals surface area contributed by atoms with Crippen molar-refractivity contribution in [2.75, 3.05) is 0 Å². The molecule has 3 nitrogen and oxygen atoms in total. The lowest BCUT2D eigenvalue weighted by Gasteiger charge is -1.92. The number of allylic oxidation sites excluding steroid dienone is 1. The van der Waals surface area contributed by atoms with Crippen molar-refractivity contribution < 1.29 is 5.21 Å². The number of nitrogens with two attached hydrogens (primary N) is 1. The van der Waals surface area contributed by atoms with Crippen LogP contribution in [0.5, 0.6) is 0 Å². The molecule has 0 heterocycles. The second kappa shape index (κ2) is 3.72. The number of amidine groups is 1. The van der Waals surface area contributed by atoms with Crippen LogP contribution in [0.4, 0.5) is 0 Å². The Labute approximate surface area is 54.2 Å². The molecule has 0 bridgehead atoms. The number of hydrogen-bond acceptors (Lipinski definition) is 2. The molecular formula is C6H10N2O. The van der Waals surface area contributed by atoms with Crippen LogP contribution >= 0.6 is 0 Å². The van der Waals surface area contributed by atoms with Crippen LogP contribution < -0.4 is 5.73 Å². The Kier molecular flexibility index (Phi) is 3.20. The van der Waals surface area contributed by atoms with Gasteiger partial charge in [-0.2, -0.15) is 0 Å². The van der Waals surface area contributed by atoms with Gasteiger partial charge in [-0.1, -0.05) is 23.9 Å². The van der Waals surface area contributed by atoms with E-state index in [4.69, 9.17) is 10.9 Å². The van der Waals surface area contributed by atoms with Gasteiger partial charge in [-0.05, 0) is 6.92 Å². The molecule has 0 fully saturated rings. The SMILES string of the molecule is C=C(/C=C\C)/C(N)=N/O. The third-order valence-electron chi connectivity index (χ3n) is 0.805. The smallest absolute Gasteiger partial charge is 0.169 e. The minimum Gasteiger partial charge on any atom is -0.409 e. The largest absolute Gasteiger partial charge is 0.409 e. The lowest BCUT2D eigenvalue weighted by Crippen LogP contribution is -2.12. The molecule has 0 aliphatic heterocycles. The van der Waals surface area contributed by atoms with Crippen LogP contribution in [0.25, 0.3) is 0 Å². The van der Waals surface area contributed by atoms with E-state index in [9.17, 15) is 0 Å². The summed E-state index contributed by atoms with van der Waals surface area (Å²) in [5.74, 6) is 0.0492. The Morgan fingerprint density at radius 1 is 1.78 bits per heavy atom. The molecule has 0 rings (SSSR count). The maximum atomic E-state index is 8.10.